The number of hydrogen-bond donors (Lipinski definition) is 1. The maximum absolute atomic E-state index is 12.1. The molecule has 0 bridgehead atoms. The topological polar surface area (TPSA) is 29.1 Å². The number of carbonyl (C=O) groups is 1. The van der Waals surface area contributed by atoms with Crippen LogP contribution in [0.25, 0.3) is 6.08 Å². The summed E-state index contributed by atoms with van der Waals surface area (Å²) in [7, 11) is 0. The maximum Gasteiger partial charge on any atom is 0.392 e. The molecule has 0 aliphatic carbocycles. The van der Waals surface area contributed by atoms with Crippen LogP contribution < -0.4 is 5.32 Å². The van der Waals surface area contributed by atoms with Gasteiger partial charge in [0.2, 0.25) is 0 Å². The highest BCUT2D eigenvalue weighted by Crippen LogP contribution is 2.21. The maximum atomic E-state index is 12.1. The monoisotopic (exact) mass is 285 g/mol. The minimum Gasteiger partial charge on any atom is -0.350 e. The summed E-state index contributed by atoms with van der Waals surface area (Å²) in [5, 5.41) is 2.74. The molecule has 0 aliphatic rings. The lowest BCUT2D eigenvalue weighted by molar-refractivity contribution is -0.124. The van der Waals surface area contributed by atoms with Crippen molar-refractivity contribution in [2.24, 2.45) is 0 Å². The van der Waals surface area contributed by atoms with Crippen LogP contribution in [0.4, 0.5) is 13.2 Å². The Morgan fingerprint density at radius 3 is 2.55 bits per heavy atom. The lowest BCUT2D eigenvalue weighted by Gasteiger charge is -2.11. The second-order valence-corrected chi connectivity index (χ2v) is 4.94. The number of allylic oxidation sites excluding steroid dienone is 1. The Hall–Kier alpha value is -1.78. The summed E-state index contributed by atoms with van der Waals surface area (Å²) in [4.78, 5) is 12.0. The highest BCUT2D eigenvalue weighted by molar-refractivity contribution is 5.98. The van der Waals surface area contributed by atoms with E-state index in [4.69, 9.17) is 0 Å². The fourth-order valence-electron chi connectivity index (χ4n) is 1.67. The molecule has 110 valence electrons. The van der Waals surface area contributed by atoms with Gasteiger partial charge in [-0.2, -0.15) is 13.2 Å². The number of carbonyl (C=O) groups excluding carboxylic acids is 1. The number of hydrogen-bond acceptors (Lipinski definition) is 1. The van der Waals surface area contributed by atoms with Crippen molar-refractivity contribution in [3.63, 3.8) is 0 Å². The van der Waals surface area contributed by atoms with Crippen LogP contribution in [0.2, 0.25) is 0 Å². The molecule has 0 aromatic heterocycles. The van der Waals surface area contributed by atoms with E-state index in [0.29, 0.717) is 11.1 Å². The number of rotatable bonds is 4. The Labute approximate surface area is 116 Å². The summed E-state index contributed by atoms with van der Waals surface area (Å²) in [6, 6.07) is 5.05. The van der Waals surface area contributed by atoms with Gasteiger partial charge >= 0.3 is 6.18 Å². The number of amides is 1. The standard InChI is InChI=1S/C15H18F3NO/c1-10(2)19-14(20)13-9-11(3)6-7-12(13)5-4-8-15(16,17)18/h4-7,9-10H,8H2,1-3H3,(H,19,20)/b5-4+. The van der Waals surface area contributed by atoms with E-state index >= 15 is 0 Å². The lowest BCUT2D eigenvalue weighted by Crippen LogP contribution is -2.30. The Balaban J connectivity index is 2.99. The SMILES string of the molecule is Cc1ccc(/C=C/CC(F)(F)F)c(C(=O)NC(C)C)c1. The molecule has 2 nitrogen and oxygen atoms in total. The molecule has 0 fully saturated rings. The van der Waals surface area contributed by atoms with E-state index in [9.17, 15) is 18.0 Å². The van der Waals surface area contributed by atoms with Gasteiger partial charge in [-0.05, 0) is 32.4 Å². The van der Waals surface area contributed by atoms with Gasteiger partial charge in [0.25, 0.3) is 5.91 Å². The van der Waals surface area contributed by atoms with Gasteiger partial charge in [-0.1, -0.05) is 29.8 Å². The highest BCUT2D eigenvalue weighted by atomic mass is 19.4. The lowest BCUT2D eigenvalue weighted by atomic mass is 10.0. The number of alkyl halides is 3. The molecule has 0 spiro atoms. The molecular weight excluding hydrogens is 267 g/mol. The summed E-state index contributed by atoms with van der Waals surface area (Å²) < 4.78 is 36.4. The molecule has 20 heavy (non-hydrogen) atoms. The van der Waals surface area contributed by atoms with Gasteiger partial charge in [0.1, 0.15) is 0 Å². The Kier molecular flexibility index (Phi) is 5.36. The molecule has 1 rings (SSSR count). The number of aryl methyl sites for hydroxylation is 1. The molecule has 1 amide bonds. The Bertz CT molecular complexity index is 504. The molecule has 1 aromatic rings. The number of nitrogens with one attached hydrogen (secondary N) is 1. The highest BCUT2D eigenvalue weighted by Gasteiger charge is 2.24. The minimum absolute atomic E-state index is 0.0324. The predicted octanol–water partition coefficient (Wildman–Crippen LogP) is 4.10. The van der Waals surface area contributed by atoms with E-state index in [1.54, 1.807) is 18.2 Å². The van der Waals surface area contributed by atoms with Crippen LogP contribution in [0.1, 0.15) is 41.8 Å². The van der Waals surface area contributed by atoms with Crippen LogP contribution in [0.3, 0.4) is 0 Å². The van der Waals surface area contributed by atoms with E-state index in [1.165, 1.54) is 6.08 Å². The van der Waals surface area contributed by atoms with E-state index in [-0.39, 0.29) is 11.9 Å². The fourth-order valence-corrected chi connectivity index (χ4v) is 1.67. The largest absolute Gasteiger partial charge is 0.392 e. The summed E-state index contributed by atoms with van der Waals surface area (Å²) in [5.41, 5.74) is 1.75. The zero-order valence-electron chi connectivity index (χ0n) is 11.7. The average Bonchev–Trinajstić information content (AvgIpc) is 2.28. The molecule has 0 aliphatic heterocycles. The van der Waals surface area contributed by atoms with E-state index < -0.39 is 12.6 Å². The fraction of sp³-hybridized carbons (Fsp3) is 0.400. The first kappa shape index (κ1) is 16.3. The van der Waals surface area contributed by atoms with Crippen LogP contribution in [0.15, 0.2) is 24.3 Å². The smallest absolute Gasteiger partial charge is 0.350 e. The Morgan fingerprint density at radius 1 is 1.35 bits per heavy atom. The second-order valence-electron chi connectivity index (χ2n) is 4.94. The third kappa shape index (κ3) is 5.47. The average molecular weight is 285 g/mol. The first-order chi connectivity index (χ1) is 9.19. The van der Waals surface area contributed by atoms with Gasteiger partial charge < -0.3 is 5.32 Å². The molecule has 1 N–H and O–H groups in total. The third-order valence-corrected chi connectivity index (χ3v) is 2.52. The van der Waals surface area contributed by atoms with Crippen molar-refractivity contribution in [1.82, 2.24) is 5.32 Å². The summed E-state index contributed by atoms with van der Waals surface area (Å²) in [6.45, 7) is 5.48. The Morgan fingerprint density at radius 2 is 2.00 bits per heavy atom. The van der Waals surface area contributed by atoms with E-state index in [0.717, 1.165) is 11.6 Å². The first-order valence-corrected chi connectivity index (χ1v) is 6.34. The number of halogens is 3. The molecule has 0 saturated carbocycles. The molecule has 0 radical (unpaired) electrons. The van der Waals surface area contributed by atoms with Crippen LogP contribution in [0.5, 0.6) is 0 Å². The van der Waals surface area contributed by atoms with Crippen molar-refractivity contribution < 1.29 is 18.0 Å². The van der Waals surface area contributed by atoms with Gasteiger partial charge in [0, 0.05) is 11.6 Å². The van der Waals surface area contributed by atoms with E-state index in [1.807, 2.05) is 20.8 Å². The third-order valence-electron chi connectivity index (χ3n) is 2.52. The van der Waals surface area contributed by atoms with Crippen molar-refractivity contribution in [1.29, 1.82) is 0 Å². The van der Waals surface area contributed by atoms with Crippen molar-refractivity contribution in [2.45, 2.75) is 39.4 Å². The van der Waals surface area contributed by atoms with Gasteiger partial charge in [-0.25, -0.2) is 0 Å². The summed E-state index contributed by atoms with van der Waals surface area (Å²) in [6.07, 6.45) is -2.88. The van der Waals surface area contributed by atoms with Crippen molar-refractivity contribution in [3.8, 4) is 0 Å². The van der Waals surface area contributed by atoms with Crippen molar-refractivity contribution in [2.75, 3.05) is 0 Å². The van der Waals surface area contributed by atoms with Gasteiger partial charge in [-0.3, -0.25) is 4.79 Å². The first-order valence-electron chi connectivity index (χ1n) is 6.34. The molecular formula is C15H18F3NO. The zero-order chi connectivity index (χ0) is 15.3. The molecule has 0 heterocycles. The zero-order valence-corrected chi connectivity index (χ0v) is 11.7. The molecule has 0 unspecified atom stereocenters. The van der Waals surface area contributed by atoms with Crippen LogP contribution in [-0.2, 0) is 0 Å². The minimum atomic E-state index is -4.23. The van der Waals surface area contributed by atoms with Gasteiger partial charge in [-0.15, -0.1) is 0 Å². The van der Waals surface area contributed by atoms with Crippen LogP contribution in [-0.4, -0.2) is 18.1 Å². The van der Waals surface area contributed by atoms with Crippen LogP contribution >= 0.6 is 0 Å². The summed E-state index contributed by atoms with van der Waals surface area (Å²) >= 11 is 0. The molecule has 0 atom stereocenters. The molecule has 5 heteroatoms. The van der Waals surface area contributed by atoms with Gasteiger partial charge in [0.05, 0.1) is 6.42 Å². The normalized spacial score (nSPS) is 12.2. The molecule has 0 saturated heterocycles. The second kappa shape index (κ2) is 6.59. The number of benzene rings is 1. The van der Waals surface area contributed by atoms with Crippen molar-refractivity contribution in [3.05, 3.63) is 41.0 Å². The van der Waals surface area contributed by atoms with Gasteiger partial charge in [0.15, 0.2) is 0 Å². The quantitative estimate of drug-likeness (QED) is 0.886. The predicted molar refractivity (Wildman–Crippen MR) is 73.5 cm³/mol. The van der Waals surface area contributed by atoms with Crippen molar-refractivity contribution >= 4 is 12.0 Å². The summed E-state index contributed by atoms with van der Waals surface area (Å²) in [5.74, 6) is -0.282. The van der Waals surface area contributed by atoms with Crippen LogP contribution in [0, 0.1) is 6.92 Å². The molecule has 1 aromatic carbocycles. The van der Waals surface area contributed by atoms with E-state index in [2.05, 4.69) is 5.32 Å².